The Bertz CT molecular complexity index is 925. The molecule has 1 N–H and O–H groups in total. The molecule has 0 bridgehead atoms. The molecule has 0 spiro atoms. The van der Waals surface area contributed by atoms with Gasteiger partial charge in [0.2, 0.25) is 0 Å². The molecule has 0 fully saturated rings. The Morgan fingerprint density at radius 3 is 2.62 bits per heavy atom. The minimum Gasteiger partial charge on any atom is -0.348 e. The zero-order valence-electron chi connectivity index (χ0n) is 14.1. The highest BCUT2D eigenvalue weighted by Gasteiger charge is 2.20. The highest BCUT2D eigenvalue weighted by atomic mass is 35.5. The van der Waals surface area contributed by atoms with Crippen molar-refractivity contribution in [3.63, 3.8) is 0 Å². The number of hydrogen-bond acceptors (Lipinski definition) is 3. The van der Waals surface area contributed by atoms with Crippen LogP contribution in [0.25, 0.3) is 0 Å². The molecule has 0 aliphatic heterocycles. The summed E-state index contributed by atoms with van der Waals surface area (Å²) >= 11 is 7.34. The first-order chi connectivity index (χ1) is 12.6. The van der Waals surface area contributed by atoms with Crippen molar-refractivity contribution in [2.45, 2.75) is 6.54 Å². The quantitative estimate of drug-likeness (QED) is 0.698. The summed E-state index contributed by atoms with van der Waals surface area (Å²) < 4.78 is 0. The van der Waals surface area contributed by atoms with Crippen LogP contribution in [-0.2, 0) is 6.54 Å². The molecule has 3 aromatic rings. The van der Waals surface area contributed by atoms with Gasteiger partial charge < -0.3 is 10.2 Å². The molecule has 0 saturated heterocycles. The highest BCUT2D eigenvalue weighted by molar-refractivity contribution is 7.12. The predicted octanol–water partition coefficient (Wildman–Crippen LogP) is 4.61. The van der Waals surface area contributed by atoms with Crippen molar-refractivity contribution in [3.05, 3.63) is 87.1 Å². The highest BCUT2D eigenvalue weighted by Crippen LogP contribution is 2.22. The maximum absolute atomic E-state index is 12.7. The number of para-hydroxylation sites is 1. The number of thiophene rings is 1. The average Bonchev–Trinajstić information content (AvgIpc) is 3.20. The molecule has 0 aliphatic rings. The second-order valence-electron chi connectivity index (χ2n) is 5.67. The van der Waals surface area contributed by atoms with Gasteiger partial charge in [-0.2, -0.15) is 0 Å². The Morgan fingerprint density at radius 2 is 1.88 bits per heavy atom. The van der Waals surface area contributed by atoms with Crippen LogP contribution in [0.4, 0.5) is 5.69 Å². The van der Waals surface area contributed by atoms with Crippen LogP contribution < -0.4 is 10.2 Å². The normalized spacial score (nSPS) is 10.4. The maximum atomic E-state index is 12.7. The van der Waals surface area contributed by atoms with Gasteiger partial charge in [-0.1, -0.05) is 41.9 Å². The molecule has 6 heteroatoms. The molecule has 1 aromatic heterocycles. The Labute approximate surface area is 161 Å². The van der Waals surface area contributed by atoms with E-state index in [1.807, 2.05) is 23.6 Å². The zero-order chi connectivity index (χ0) is 18.5. The van der Waals surface area contributed by atoms with Crippen molar-refractivity contribution in [1.82, 2.24) is 5.32 Å². The van der Waals surface area contributed by atoms with Crippen LogP contribution in [0.5, 0.6) is 0 Å². The molecule has 4 nitrogen and oxygen atoms in total. The average molecular weight is 385 g/mol. The van der Waals surface area contributed by atoms with E-state index in [1.54, 1.807) is 49.5 Å². The molecular weight excluding hydrogens is 368 g/mol. The van der Waals surface area contributed by atoms with Crippen molar-refractivity contribution < 1.29 is 9.59 Å². The summed E-state index contributed by atoms with van der Waals surface area (Å²) in [6, 6.07) is 18.0. The van der Waals surface area contributed by atoms with E-state index in [-0.39, 0.29) is 11.8 Å². The molecule has 0 radical (unpaired) electrons. The van der Waals surface area contributed by atoms with Gasteiger partial charge in [0.25, 0.3) is 11.8 Å². The number of nitrogens with one attached hydrogen (secondary N) is 1. The van der Waals surface area contributed by atoms with E-state index < -0.39 is 0 Å². The van der Waals surface area contributed by atoms with Gasteiger partial charge in [-0.3, -0.25) is 9.59 Å². The molecule has 0 aliphatic carbocycles. The summed E-state index contributed by atoms with van der Waals surface area (Å²) in [5, 5.41) is 5.35. The molecule has 0 unspecified atom stereocenters. The van der Waals surface area contributed by atoms with Gasteiger partial charge >= 0.3 is 0 Å². The van der Waals surface area contributed by atoms with Crippen LogP contribution in [0.15, 0.2) is 66.0 Å². The van der Waals surface area contributed by atoms with Crippen molar-refractivity contribution in [1.29, 1.82) is 0 Å². The Hall–Kier alpha value is -2.63. The van der Waals surface area contributed by atoms with E-state index in [2.05, 4.69) is 5.32 Å². The summed E-state index contributed by atoms with van der Waals surface area (Å²) in [5.41, 5.74) is 1.92. The summed E-state index contributed by atoms with van der Waals surface area (Å²) in [6.45, 7) is 0.357. The van der Waals surface area contributed by atoms with Crippen LogP contribution in [-0.4, -0.2) is 18.9 Å². The fourth-order valence-electron chi connectivity index (χ4n) is 2.56. The summed E-state index contributed by atoms with van der Waals surface area (Å²) in [5.74, 6) is -0.388. The lowest BCUT2D eigenvalue weighted by Gasteiger charge is -2.20. The number of anilines is 1. The number of benzene rings is 2. The lowest BCUT2D eigenvalue weighted by molar-refractivity contribution is 0.0951. The SMILES string of the molecule is CN(C(=O)c1cccs1)c1ccccc1C(=O)NCc1cccc(Cl)c1. The summed E-state index contributed by atoms with van der Waals surface area (Å²) in [6.07, 6.45) is 0. The lowest BCUT2D eigenvalue weighted by Crippen LogP contribution is -2.30. The second kappa shape index (κ2) is 8.17. The maximum Gasteiger partial charge on any atom is 0.268 e. The smallest absolute Gasteiger partial charge is 0.268 e. The number of nitrogens with zero attached hydrogens (tertiary/aromatic N) is 1. The van der Waals surface area contributed by atoms with Crippen LogP contribution >= 0.6 is 22.9 Å². The molecule has 26 heavy (non-hydrogen) atoms. The van der Waals surface area contributed by atoms with E-state index in [1.165, 1.54) is 16.2 Å². The zero-order valence-corrected chi connectivity index (χ0v) is 15.7. The van der Waals surface area contributed by atoms with Crippen LogP contribution in [0.1, 0.15) is 25.6 Å². The van der Waals surface area contributed by atoms with E-state index in [0.29, 0.717) is 27.7 Å². The fourth-order valence-corrected chi connectivity index (χ4v) is 3.47. The molecule has 1 heterocycles. The Balaban J connectivity index is 1.78. The Morgan fingerprint density at radius 1 is 1.08 bits per heavy atom. The molecule has 2 amide bonds. The molecule has 0 atom stereocenters. The largest absolute Gasteiger partial charge is 0.348 e. The van der Waals surface area contributed by atoms with Gasteiger partial charge in [-0.05, 0) is 41.3 Å². The molecule has 0 saturated carbocycles. The monoisotopic (exact) mass is 384 g/mol. The van der Waals surface area contributed by atoms with Crippen molar-refractivity contribution in [2.24, 2.45) is 0 Å². The molecular formula is C20H17ClN2O2S. The third kappa shape index (κ3) is 4.12. The van der Waals surface area contributed by atoms with Gasteiger partial charge in [-0.25, -0.2) is 0 Å². The van der Waals surface area contributed by atoms with Crippen LogP contribution in [0.2, 0.25) is 5.02 Å². The second-order valence-corrected chi connectivity index (χ2v) is 7.06. The van der Waals surface area contributed by atoms with Crippen molar-refractivity contribution in [2.75, 3.05) is 11.9 Å². The van der Waals surface area contributed by atoms with E-state index in [0.717, 1.165) is 5.56 Å². The summed E-state index contributed by atoms with van der Waals surface area (Å²) in [4.78, 5) is 27.4. The predicted molar refractivity (Wildman–Crippen MR) is 106 cm³/mol. The first kappa shape index (κ1) is 18.2. The number of hydrogen-bond donors (Lipinski definition) is 1. The lowest BCUT2D eigenvalue weighted by atomic mass is 10.1. The van der Waals surface area contributed by atoms with Crippen LogP contribution in [0, 0.1) is 0 Å². The number of halogens is 1. The first-order valence-electron chi connectivity index (χ1n) is 7.99. The number of amides is 2. The molecule has 132 valence electrons. The van der Waals surface area contributed by atoms with Gasteiger partial charge in [0.15, 0.2) is 0 Å². The Kier molecular flexibility index (Phi) is 5.71. The number of rotatable bonds is 5. The van der Waals surface area contributed by atoms with E-state index in [9.17, 15) is 9.59 Å². The van der Waals surface area contributed by atoms with Gasteiger partial charge in [0.05, 0.1) is 16.1 Å². The third-order valence-corrected chi connectivity index (χ3v) is 4.98. The van der Waals surface area contributed by atoms with E-state index >= 15 is 0 Å². The van der Waals surface area contributed by atoms with Crippen molar-refractivity contribution in [3.8, 4) is 0 Å². The minimum absolute atomic E-state index is 0.143. The number of carbonyl (C=O) groups is 2. The van der Waals surface area contributed by atoms with E-state index in [4.69, 9.17) is 11.6 Å². The molecule has 2 aromatic carbocycles. The van der Waals surface area contributed by atoms with Crippen molar-refractivity contribution >= 4 is 40.4 Å². The van der Waals surface area contributed by atoms with Gasteiger partial charge in [0.1, 0.15) is 0 Å². The number of carbonyl (C=O) groups excluding carboxylic acids is 2. The summed E-state index contributed by atoms with van der Waals surface area (Å²) in [7, 11) is 1.67. The minimum atomic E-state index is -0.244. The first-order valence-corrected chi connectivity index (χ1v) is 9.25. The van der Waals surface area contributed by atoms with Gasteiger partial charge in [0, 0.05) is 18.6 Å². The van der Waals surface area contributed by atoms with Crippen LogP contribution in [0.3, 0.4) is 0 Å². The fraction of sp³-hybridized carbons (Fsp3) is 0.100. The van der Waals surface area contributed by atoms with Gasteiger partial charge in [-0.15, -0.1) is 11.3 Å². The standard InChI is InChI=1S/C20H17ClN2O2S/c1-23(20(25)18-10-5-11-26-18)17-9-3-2-8-16(17)19(24)22-13-14-6-4-7-15(21)12-14/h2-12H,13H2,1H3,(H,22,24). The third-order valence-electron chi connectivity index (χ3n) is 3.89. The molecule has 3 rings (SSSR count). The topological polar surface area (TPSA) is 49.4 Å².